The van der Waals surface area contributed by atoms with Gasteiger partial charge in [0.1, 0.15) is 17.6 Å². The lowest BCUT2D eigenvalue weighted by atomic mass is 9.86. The van der Waals surface area contributed by atoms with Crippen molar-refractivity contribution in [3.8, 4) is 0 Å². The highest BCUT2D eigenvalue weighted by molar-refractivity contribution is 6.32. The van der Waals surface area contributed by atoms with Gasteiger partial charge in [0.25, 0.3) is 0 Å². The van der Waals surface area contributed by atoms with Crippen LogP contribution in [0.1, 0.15) is 38.7 Å². The number of hydrogen-bond acceptors (Lipinski definition) is 5. The minimum atomic E-state index is 0.121. The first kappa shape index (κ1) is 27.6. The molecule has 192 valence electrons. The summed E-state index contributed by atoms with van der Waals surface area (Å²) in [4.78, 5) is 7.75. The van der Waals surface area contributed by atoms with Crippen LogP contribution in [0.4, 0.5) is 0 Å². The Morgan fingerprint density at radius 2 is 2.00 bits per heavy atom. The second-order valence-corrected chi connectivity index (χ2v) is 9.53. The fourth-order valence-electron chi connectivity index (χ4n) is 4.35. The van der Waals surface area contributed by atoms with Gasteiger partial charge in [-0.05, 0) is 80.7 Å². The van der Waals surface area contributed by atoms with E-state index in [-0.39, 0.29) is 17.8 Å². The van der Waals surface area contributed by atoms with Gasteiger partial charge in [-0.25, -0.2) is 0 Å². The van der Waals surface area contributed by atoms with Crippen LogP contribution in [0.25, 0.3) is 5.57 Å². The van der Waals surface area contributed by atoms with Gasteiger partial charge in [0.15, 0.2) is 5.76 Å². The summed E-state index contributed by atoms with van der Waals surface area (Å²) in [6, 6.07) is 7.55. The van der Waals surface area contributed by atoms with Gasteiger partial charge in [0.2, 0.25) is 0 Å². The van der Waals surface area contributed by atoms with Gasteiger partial charge in [-0.3, -0.25) is 4.90 Å². The van der Waals surface area contributed by atoms with Crippen molar-refractivity contribution in [3.63, 3.8) is 0 Å². The van der Waals surface area contributed by atoms with Crippen LogP contribution in [-0.2, 0) is 9.57 Å². The summed E-state index contributed by atoms with van der Waals surface area (Å²) in [6.45, 7) is 15.5. The van der Waals surface area contributed by atoms with Gasteiger partial charge in [-0.1, -0.05) is 56.0 Å². The molecule has 1 saturated heterocycles. The Labute approximate surface area is 220 Å². The third-order valence-corrected chi connectivity index (χ3v) is 6.71. The third kappa shape index (κ3) is 7.26. The van der Waals surface area contributed by atoms with Crippen LogP contribution in [0.15, 0.2) is 102 Å². The minimum Gasteiger partial charge on any atom is -0.508 e. The molecule has 0 bridgehead atoms. The Bertz CT molecular complexity index is 1110. The number of nitrogens with zero attached hydrogens (tertiary/aromatic N) is 1. The van der Waals surface area contributed by atoms with Crippen LogP contribution in [-0.4, -0.2) is 35.7 Å². The number of aliphatic hydroxyl groups is 1. The smallest absolute Gasteiger partial charge is 0.157 e. The molecule has 1 aromatic rings. The topological polar surface area (TPSA) is 68.0 Å². The van der Waals surface area contributed by atoms with Gasteiger partial charge < -0.3 is 14.7 Å². The molecule has 0 saturated carbocycles. The van der Waals surface area contributed by atoms with Gasteiger partial charge >= 0.3 is 0 Å². The van der Waals surface area contributed by atoms with Gasteiger partial charge in [0.05, 0.1) is 0 Å². The number of benzene rings is 1. The number of allylic oxidation sites excluding steroid dienone is 8. The zero-order chi connectivity index (χ0) is 26.1. The molecule has 0 unspecified atom stereocenters. The summed E-state index contributed by atoms with van der Waals surface area (Å²) in [5.41, 5.74) is 2.85. The van der Waals surface area contributed by atoms with E-state index in [4.69, 9.17) is 27.1 Å². The molecule has 1 atom stereocenters. The minimum absolute atomic E-state index is 0.121. The number of nitrogens with two attached hydrogens (primary N) is 1. The van der Waals surface area contributed by atoms with E-state index >= 15 is 0 Å². The van der Waals surface area contributed by atoms with E-state index in [0.717, 1.165) is 48.5 Å². The van der Waals surface area contributed by atoms with Crippen molar-refractivity contribution in [2.24, 2.45) is 11.8 Å². The summed E-state index contributed by atoms with van der Waals surface area (Å²) in [7, 11) is 0. The van der Waals surface area contributed by atoms with E-state index in [1.807, 2.05) is 30.3 Å². The van der Waals surface area contributed by atoms with Gasteiger partial charge in [-0.2, -0.15) is 5.90 Å². The lowest BCUT2D eigenvalue weighted by Crippen LogP contribution is -2.52. The van der Waals surface area contributed by atoms with Crippen LogP contribution in [0, 0.1) is 5.92 Å². The second-order valence-electron chi connectivity index (χ2n) is 9.12. The second kappa shape index (κ2) is 13.4. The van der Waals surface area contributed by atoms with Crippen molar-refractivity contribution in [2.75, 3.05) is 19.6 Å². The van der Waals surface area contributed by atoms with Gasteiger partial charge in [-0.15, -0.1) is 0 Å². The summed E-state index contributed by atoms with van der Waals surface area (Å²) in [5, 5.41) is 10.4. The average Bonchev–Trinajstić information content (AvgIpc) is 2.86. The summed E-state index contributed by atoms with van der Waals surface area (Å²) < 4.78 is 6.15. The third-order valence-electron chi connectivity index (χ3n) is 6.38. The molecular formula is C30H37ClN2O3. The van der Waals surface area contributed by atoms with E-state index in [1.54, 1.807) is 25.2 Å². The Morgan fingerprint density at radius 1 is 1.25 bits per heavy atom. The number of rotatable bonds is 12. The monoisotopic (exact) mass is 508 g/mol. The molecule has 0 radical (unpaired) electrons. The fraction of sp³-hybridized carbons (Fsp3) is 0.333. The standard InChI is InChI=1S/C30H37ClN2O3/c1-5-17-33-19-26(20-33)35-25-15-12-23(13-16-25)18-28(22(4)27-9-7-8-10-29(27)31)30(36-32)21(3)11-14-24(34)6-2/h6-12,14-16,23,26,34H,3-5,13,17-20,32H2,1-2H3/b14-11-,24-6+,30-28-/t23-/m0/s1. The number of ether oxygens (including phenoxy) is 1. The van der Waals surface area contributed by atoms with Crippen molar-refractivity contribution >= 4 is 17.2 Å². The molecule has 3 N–H and O–H groups in total. The molecule has 5 nitrogen and oxygen atoms in total. The predicted molar refractivity (Wildman–Crippen MR) is 149 cm³/mol. The molecule has 0 amide bonds. The molecule has 3 rings (SSSR count). The number of aliphatic hydroxyl groups excluding tert-OH is 1. The maximum atomic E-state index is 9.81. The lowest BCUT2D eigenvalue weighted by molar-refractivity contribution is -0.0177. The van der Waals surface area contributed by atoms with E-state index in [2.05, 4.69) is 37.1 Å². The highest BCUT2D eigenvalue weighted by Crippen LogP contribution is 2.37. The first-order valence-electron chi connectivity index (χ1n) is 12.4. The summed E-state index contributed by atoms with van der Waals surface area (Å²) in [5.74, 6) is 7.39. The molecule has 0 aromatic heterocycles. The quantitative estimate of drug-likeness (QED) is 0.180. The molecule has 0 spiro atoms. The maximum Gasteiger partial charge on any atom is 0.157 e. The van der Waals surface area contributed by atoms with Crippen molar-refractivity contribution < 1.29 is 14.7 Å². The molecular weight excluding hydrogens is 472 g/mol. The summed E-state index contributed by atoms with van der Waals surface area (Å²) in [6.07, 6.45) is 14.0. The first-order chi connectivity index (χ1) is 17.4. The molecule has 36 heavy (non-hydrogen) atoms. The zero-order valence-electron chi connectivity index (χ0n) is 21.3. The molecule has 2 aliphatic rings. The SMILES string of the molecule is C=C(/C=C\C(O)=C/C)/C(ON)=C(\C[C@H]1C=CC(OC2CN(CCC)C2)=CC1)C(=C)c1ccccc1Cl. The largest absolute Gasteiger partial charge is 0.508 e. The van der Waals surface area contributed by atoms with Crippen LogP contribution >= 0.6 is 11.6 Å². The van der Waals surface area contributed by atoms with E-state index in [9.17, 15) is 5.11 Å². The van der Waals surface area contributed by atoms with E-state index < -0.39 is 0 Å². The van der Waals surface area contributed by atoms with Gasteiger partial charge in [0, 0.05) is 34.8 Å². The fourth-order valence-corrected chi connectivity index (χ4v) is 4.60. The molecule has 1 fully saturated rings. The molecule has 1 aliphatic heterocycles. The van der Waals surface area contributed by atoms with Crippen LogP contribution in [0.5, 0.6) is 0 Å². The van der Waals surface area contributed by atoms with Crippen LogP contribution in [0.2, 0.25) is 5.02 Å². The van der Waals surface area contributed by atoms with Crippen LogP contribution < -0.4 is 5.90 Å². The van der Waals surface area contributed by atoms with E-state index in [1.165, 1.54) is 6.42 Å². The Balaban J connectivity index is 1.79. The highest BCUT2D eigenvalue weighted by atomic mass is 35.5. The maximum absolute atomic E-state index is 9.81. The number of likely N-dealkylation sites (tertiary alicyclic amines) is 1. The Kier molecular flexibility index (Phi) is 10.2. The molecule has 1 aliphatic carbocycles. The normalized spacial score (nSPS) is 19.5. The Hall–Kier alpha value is -2.99. The number of hydrogen-bond donors (Lipinski definition) is 2. The van der Waals surface area contributed by atoms with Crippen LogP contribution in [0.3, 0.4) is 0 Å². The van der Waals surface area contributed by atoms with Crippen molar-refractivity contribution in [2.45, 2.75) is 39.2 Å². The highest BCUT2D eigenvalue weighted by Gasteiger charge is 2.28. The first-order valence-corrected chi connectivity index (χ1v) is 12.8. The van der Waals surface area contributed by atoms with Crippen molar-refractivity contribution in [3.05, 3.63) is 113 Å². The predicted octanol–water partition coefficient (Wildman–Crippen LogP) is 7.03. The summed E-state index contributed by atoms with van der Waals surface area (Å²) >= 11 is 6.50. The van der Waals surface area contributed by atoms with E-state index in [0.29, 0.717) is 22.8 Å². The van der Waals surface area contributed by atoms with Crippen molar-refractivity contribution in [1.82, 2.24) is 4.90 Å². The number of halogens is 1. The Morgan fingerprint density at radius 3 is 2.61 bits per heavy atom. The zero-order valence-corrected chi connectivity index (χ0v) is 22.0. The molecule has 6 heteroatoms. The van der Waals surface area contributed by atoms with Crippen molar-refractivity contribution in [1.29, 1.82) is 0 Å². The lowest BCUT2D eigenvalue weighted by Gasteiger charge is -2.39. The average molecular weight is 509 g/mol. The molecule has 1 aromatic carbocycles. The molecule has 1 heterocycles.